The van der Waals surface area contributed by atoms with Gasteiger partial charge in [-0.1, -0.05) is 6.07 Å². The normalized spacial score (nSPS) is 11.2. The zero-order chi connectivity index (χ0) is 14.0. The van der Waals surface area contributed by atoms with Crippen molar-refractivity contribution in [2.45, 2.75) is 13.2 Å². The van der Waals surface area contributed by atoms with E-state index in [9.17, 15) is 8.78 Å². The Morgan fingerprint density at radius 1 is 1.37 bits per heavy atom. The summed E-state index contributed by atoms with van der Waals surface area (Å²) < 4.78 is 30.3. The molecule has 2 rings (SSSR count). The van der Waals surface area contributed by atoms with Gasteiger partial charge in [0, 0.05) is 25.2 Å². The van der Waals surface area contributed by atoms with Gasteiger partial charge in [0.25, 0.3) is 0 Å². The van der Waals surface area contributed by atoms with Gasteiger partial charge in [0.15, 0.2) is 4.77 Å². The van der Waals surface area contributed by atoms with Gasteiger partial charge < -0.3 is 4.57 Å². The molecule has 1 aromatic heterocycles. The molecule has 0 saturated heterocycles. The summed E-state index contributed by atoms with van der Waals surface area (Å²) in [5.74, 6) is -1.12. The number of hydrogen-bond acceptors (Lipinski definition) is 3. The van der Waals surface area contributed by atoms with Crippen LogP contribution in [-0.4, -0.2) is 26.3 Å². The molecule has 19 heavy (non-hydrogen) atoms. The second kappa shape index (κ2) is 5.58. The Bertz CT molecular complexity index is 635. The second-order valence-corrected chi connectivity index (χ2v) is 4.78. The van der Waals surface area contributed by atoms with Gasteiger partial charge in [-0.15, -0.1) is 0 Å². The zero-order valence-corrected chi connectivity index (χ0v) is 11.5. The number of nitrogens with zero attached hydrogens (tertiary/aromatic N) is 4. The third-order valence-corrected chi connectivity index (χ3v) is 3.22. The lowest BCUT2D eigenvalue weighted by Gasteiger charge is -2.16. The van der Waals surface area contributed by atoms with E-state index >= 15 is 0 Å². The molecule has 0 bridgehead atoms. The summed E-state index contributed by atoms with van der Waals surface area (Å²) in [6.07, 6.45) is 1.62. The molecular weight excluding hydrogens is 270 g/mol. The van der Waals surface area contributed by atoms with Crippen LogP contribution in [-0.2, 0) is 20.3 Å². The van der Waals surface area contributed by atoms with Crippen molar-refractivity contribution in [3.05, 3.63) is 46.5 Å². The number of benzene rings is 1. The molecule has 2 aromatic rings. The average Bonchev–Trinajstić information content (AvgIpc) is 2.65. The van der Waals surface area contributed by atoms with Crippen molar-refractivity contribution in [2.24, 2.45) is 7.05 Å². The fourth-order valence-corrected chi connectivity index (χ4v) is 1.89. The fourth-order valence-electron chi connectivity index (χ4n) is 1.74. The average molecular weight is 284 g/mol. The van der Waals surface area contributed by atoms with Crippen LogP contribution in [0.3, 0.4) is 0 Å². The molecule has 0 spiro atoms. The summed E-state index contributed by atoms with van der Waals surface area (Å²) in [7, 11) is 3.63. The topological polar surface area (TPSA) is 26.0 Å². The largest absolute Gasteiger partial charge is 0.310 e. The van der Waals surface area contributed by atoms with E-state index in [0.29, 0.717) is 23.5 Å². The van der Waals surface area contributed by atoms with Crippen LogP contribution < -0.4 is 0 Å². The molecule has 0 radical (unpaired) electrons. The smallest absolute Gasteiger partial charge is 0.198 e. The van der Waals surface area contributed by atoms with Gasteiger partial charge in [-0.2, -0.15) is 5.10 Å². The second-order valence-electron chi connectivity index (χ2n) is 4.42. The fraction of sp³-hybridized carbons (Fsp3) is 0.333. The van der Waals surface area contributed by atoms with Gasteiger partial charge in [-0.05, 0) is 25.3 Å². The number of rotatable bonds is 4. The van der Waals surface area contributed by atoms with Gasteiger partial charge in [0.05, 0.1) is 6.67 Å². The van der Waals surface area contributed by atoms with Crippen molar-refractivity contribution in [1.29, 1.82) is 0 Å². The minimum absolute atomic E-state index is 0.352. The third-order valence-electron chi connectivity index (χ3n) is 2.72. The van der Waals surface area contributed by atoms with E-state index < -0.39 is 11.6 Å². The molecular formula is C12H14F2N4S. The Hall–Kier alpha value is -1.60. The first kappa shape index (κ1) is 13.8. The summed E-state index contributed by atoms with van der Waals surface area (Å²) >= 11 is 5.17. The van der Waals surface area contributed by atoms with Crippen LogP contribution in [0.5, 0.6) is 0 Å². The Morgan fingerprint density at radius 3 is 2.68 bits per heavy atom. The molecule has 1 aromatic carbocycles. The Balaban J connectivity index is 2.07. The zero-order valence-electron chi connectivity index (χ0n) is 10.7. The maximum atomic E-state index is 13.5. The maximum absolute atomic E-state index is 13.5. The molecule has 102 valence electrons. The summed E-state index contributed by atoms with van der Waals surface area (Å²) in [6, 6.07) is 3.58. The van der Waals surface area contributed by atoms with E-state index in [-0.39, 0.29) is 0 Å². The lowest BCUT2D eigenvalue weighted by atomic mass is 10.2. The van der Waals surface area contributed by atoms with Crippen LogP contribution in [0, 0.1) is 16.4 Å². The molecule has 0 aliphatic rings. The first-order valence-electron chi connectivity index (χ1n) is 5.68. The molecule has 1 heterocycles. The molecule has 0 N–H and O–H groups in total. The number of hydrogen-bond donors (Lipinski definition) is 0. The minimum Gasteiger partial charge on any atom is -0.310 e. The van der Waals surface area contributed by atoms with Crippen molar-refractivity contribution in [1.82, 2.24) is 19.2 Å². The van der Waals surface area contributed by atoms with Gasteiger partial charge in [0.1, 0.15) is 18.0 Å². The quantitative estimate of drug-likeness (QED) is 0.806. The maximum Gasteiger partial charge on any atom is 0.198 e. The Kier molecular flexibility index (Phi) is 4.06. The molecule has 0 saturated carbocycles. The van der Waals surface area contributed by atoms with Gasteiger partial charge in [0.2, 0.25) is 0 Å². The first-order chi connectivity index (χ1) is 8.97. The first-order valence-corrected chi connectivity index (χ1v) is 6.09. The van der Waals surface area contributed by atoms with Crippen LogP contribution in [0.15, 0.2) is 24.5 Å². The molecule has 0 aliphatic carbocycles. The predicted octanol–water partition coefficient (Wildman–Crippen LogP) is 2.32. The highest BCUT2D eigenvalue weighted by molar-refractivity contribution is 7.71. The molecule has 7 heteroatoms. The molecule has 0 unspecified atom stereocenters. The third kappa shape index (κ3) is 3.24. The summed E-state index contributed by atoms with van der Waals surface area (Å²) in [5.41, 5.74) is 0.436. The standard InChI is InChI=1S/C12H14F2N4S/c1-16(8-18-12(19)17(2)7-15-18)6-9-3-4-10(13)5-11(9)14/h3-5,7H,6,8H2,1-2H3. The van der Waals surface area contributed by atoms with E-state index in [1.807, 2.05) is 19.0 Å². The predicted molar refractivity (Wildman–Crippen MR) is 69.9 cm³/mol. The van der Waals surface area contributed by atoms with Crippen molar-refractivity contribution in [3.63, 3.8) is 0 Å². The van der Waals surface area contributed by atoms with Gasteiger partial charge in [-0.3, -0.25) is 4.90 Å². The monoisotopic (exact) mass is 284 g/mol. The summed E-state index contributed by atoms with van der Waals surface area (Å²) in [4.78, 5) is 1.85. The molecule has 4 nitrogen and oxygen atoms in total. The number of aryl methyl sites for hydroxylation is 1. The minimum atomic E-state index is -0.573. The van der Waals surface area contributed by atoms with Crippen molar-refractivity contribution in [3.8, 4) is 0 Å². The lowest BCUT2D eigenvalue weighted by Crippen LogP contribution is -2.23. The summed E-state index contributed by atoms with van der Waals surface area (Å²) in [6.45, 7) is 0.793. The van der Waals surface area contributed by atoms with Crippen LogP contribution in [0.1, 0.15) is 5.56 Å². The highest BCUT2D eigenvalue weighted by atomic mass is 32.1. The Labute approximate surface area is 114 Å². The molecule has 0 atom stereocenters. The molecule has 0 fully saturated rings. The van der Waals surface area contributed by atoms with E-state index in [1.165, 1.54) is 12.1 Å². The number of halogens is 2. The van der Waals surface area contributed by atoms with Crippen molar-refractivity contribution in [2.75, 3.05) is 7.05 Å². The molecule has 0 aliphatic heterocycles. The summed E-state index contributed by atoms with van der Waals surface area (Å²) in [5, 5.41) is 4.11. The van der Waals surface area contributed by atoms with Crippen LogP contribution in [0.25, 0.3) is 0 Å². The van der Waals surface area contributed by atoms with E-state index in [2.05, 4.69) is 5.10 Å². The van der Waals surface area contributed by atoms with Crippen molar-refractivity contribution < 1.29 is 8.78 Å². The number of aromatic nitrogens is 3. The van der Waals surface area contributed by atoms with Crippen LogP contribution in [0.4, 0.5) is 8.78 Å². The SMILES string of the molecule is CN(Cc1ccc(F)cc1F)Cn1ncn(C)c1=S. The molecule has 0 amide bonds. The van der Waals surface area contributed by atoms with E-state index in [4.69, 9.17) is 12.2 Å². The lowest BCUT2D eigenvalue weighted by molar-refractivity contribution is 0.240. The van der Waals surface area contributed by atoms with E-state index in [0.717, 1.165) is 6.07 Å². The highest BCUT2D eigenvalue weighted by Crippen LogP contribution is 2.11. The van der Waals surface area contributed by atoms with Crippen LogP contribution >= 0.6 is 12.2 Å². The Morgan fingerprint density at radius 2 is 2.11 bits per heavy atom. The van der Waals surface area contributed by atoms with Gasteiger partial charge in [-0.25, -0.2) is 13.5 Å². The van der Waals surface area contributed by atoms with E-state index in [1.54, 1.807) is 15.6 Å². The van der Waals surface area contributed by atoms with Gasteiger partial charge >= 0.3 is 0 Å². The van der Waals surface area contributed by atoms with Crippen LogP contribution in [0.2, 0.25) is 0 Å². The van der Waals surface area contributed by atoms with Crippen molar-refractivity contribution >= 4 is 12.2 Å². The highest BCUT2D eigenvalue weighted by Gasteiger charge is 2.08.